The molecule has 0 saturated carbocycles. The molecule has 0 fully saturated rings. The van der Waals surface area contributed by atoms with Gasteiger partial charge in [-0.15, -0.1) is 75.6 Å². The van der Waals surface area contributed by atoms with Crippen LogP contribution in [0.3, 0.4) is 0 Å². The first kappa shape index (κ1) is 34.6. The number of fused-ring (bicyclic) bond motifs is 2. The van der Waals surface area contributed by atoms with E-state index >= 15 is 0 Å². The van der Waals surface area contributed by atoms with Crippen molar-refractivity contribution in [2.75, 3.05) is 0 Å². The third kappa shape index (κ3) is 9.34. The van der Waals surface area contributed by atoms with Crippen LogP contribution in [0.4, 0.5) is 0 Å². The Hall–Kier alpha value is -1.44. The molecule has 0 saturated heterocycles. The maximum atomic E-state index is 2.31. The topological polar surface area (TPSA) is 0 Å². The van der Waals surface area contributed by atoms with E-state index in [9.17, 15) is 0 Å². The van der Waals surface area contributed by atoms with Crippen LogP contribution in [-0.4, -0.2) is 5.43 Å². The van der Waals surface area contributed by atoms with Crippen LogP contribution in [0.25, 0.3) is 32.7 Å². The summed E-state index contributed by atoms with van der Waals surface area (Å²) in [7, 11) is 0. The third-order valence-corrected chi connectivity index (χ3v) is 6.29. The van der Waals surface area contributed by atoms with E-state index < -0.39 is 0 Å². The van der Waals surface area contributed by atoms with Crippen molar-refractivity contribution in [3.8, 4) is 11.1 Å². The second-order valence-corrected chi connectivity index (χ2v) is 20.6. The zero-order valence-corrected chi connectivity index (χ0v) is 29.0. The molecule has 0 N–H and O–H groups in total. The zero-order valence-electron chi connectivity index (χ0n) is 24.0. The Morgan fingerprint density at radius 1 is 0.789 bits per heavy atom. The molecule has 0 aliphatic carbocycles. The molecule has 0 nitrogen and oxygen atoms in total. The minimum atomic E-state index is 0. The van der Waals surface area contributed by atoms with Crippen molar-refractivity contribution in [1.82, 2.24) is 0 Å². The van der Waals surface area contributed by atoms with Crippen LogP contribution in [0.2, 0.25) is 13.1 Å². The van der Waals surface area contributed by atoms with Gasteiger partial charge in [0.1, 0.15) is 0 Å². The van der Waals surface area contributed by atoms with Crippen molar-refractivity contribution in [2.45, 2.75) is 66.0 Å². The molecule has 0 atom stereocenters. The Morgan fingerprint density at radius 3 is 1.95 bits per heavy atom. The van der Waals surface area contributed by atoms with E-state index in [1.165, 1.54) is 49.4 Å². The molecule has 200 valence electrons. The van der Waals surface area contributed by atoms with Gasteiger partial charge in [-0.05, 0) is 16.5 Å². The number of hydrogen-bond donors (Lipinski definition) is 0. The van der Waals surface area contributed by atoms with Gasteiger partial charge >= 0.3 is 41.9 Å². The molecule has 0 aliphatic heterocycles. The minimum absolute atomic E-state index is 0. The minimum Gasteiger partial charge on any atom is -1.00 e. The normalized spacial score (nSPS) is 10.6. The average molecular weight is 639 g/mol. The van der Waals surface area contributed by atoms with Crippen LogP contribution in [0.15, 0.2) is 91.0 Å². The number of halogens is 2. The van der Waals surface area contributed by atoms with Gasteiger partial charge in [0.05, 0.1) is 0 Å². The molecule has 0 amide bonds. The van der Waals surface area contributed by atoms with Crippen LogP contribution in [0.1, 0.15) is 57.2 Å². The van der Waals surface area contributed by atoms with E-state index in [2.05, 4.69) is 146 Å². The molecule has 5 aromatic carbocycles. The van der Waals surface area contributed by atoms with E-state index in [1.807, 2.05) is 0 Å². The molecule has 0 bridgehead atoms. The fourth-order valence-corrected chi connectivity index (χ4v) is 4.46. The van der Waals surface area contributed by atoms with Gasteiger partial charge in [-0.3, -0.25) is 0 Å². The summed E-state index contributed by atoms with van der Waals surface area (Å²) in [6.07, 6.45) is 0. The summed E-state index contributed by atoms with van der Waals surface area (Å²) >= 11 is 1.74. The Kier molecular flexibility index (Phi) is 14.0. The quantitative estimate of drug-likeness (QED) is 0.200. The third-order valence-electron chi connectivity index (χ3n) is 6.29. The van der Waals surface area contributed by atoms with Crippen LogP contribution in [0, 0.1) is 6.92 Å². The number of benzene rings is 3. The molecule has 0 aliphatic rings. The van der Waals surface area contributed by atoms with Crippen LogP contribution in [0.5, 0.6) is 0 Å². The first-order valence-corrected chi connectivity index (χ1v) is 19.1. The Labute approximate surface area is 258 Å². The summed E-state index contributed by atoms with van der Waals surface area (Å²) in [6, 6.07) is 33.1. The number of rotatable bonds is 2. The first-order chi connectivity index (χ1) is 17.0. The number of hydrogen-bond acceptors (Lipinski definition) is 0. The van der Waals surface area contributed by atoms with E-state index in [0.29, 0.717) is 5.92 Å². The molecule has 0 unspecified atom stereocenters. The van der Waals surface area contributed by atoms with Gasteiger partial charge in [-0.2, -0.15) is 11.6 Å². The van der Waals surface area contributed by atoms with Crippen molar-refractivity contribution in [3.63, 3.8) is 0 Å². The van der Waals surface area contributed by atoms with Crippen molar-refractivity contribution in [3.05, 3.63) is 108 Å². The van der Waals surface area contributed by atoms with E-state index in [1.54, 1.807) is 23.3 Å². The fraction of sp³-hybridized carbons (Fsp3) is 0.294. The monoisotopic (exact) mass is 636 g/mol. The van der Waals surface area contributed by atoms with Crippen molar-refractivity contribution in [1.29, 1.82) is 0 Å². The summed E-state index contributed by atoms with van der Waals surface area (Å²) in [5.41, 5.74) is 7.23. The van der Waals surface area contributed by atoms with Crippen LogP contribution >= 0.6 is 0 Å². The van der Waals surface area contributed by atoms with Gasteiger partial charge in [0.25, 0.3) is 0 Å². The summed E-state index contributed by atoms with van der Waals surface area (Å²) in [5.74, 6) is 0.630. The molecule has 5 aromatic rings. The summed E-state index contributed by atoms with van der Waals surface area (Å²) in [5, 5.41) is 5.46. The number of aryl methyl sites for hydroxylation is 1. The van der Waals surface area contributed by atoms with Crippen LogP contribution in [-0.2, 0) is 28.8 Å². The maximum absolute atomic E-state index is 2.31. The Balaban J connectivity index is 0.000000344. The fourth-order valence-electron chi connectivity index (χ4n) is 4.46. The Morgan fingerprint density at radius 2 is 1.37 bits per heavy atom. The molecule has 4 heteroatoms. The smallest absolute Gasteiger partial charge is 0.0132 e. The molecule has 0 aromatic heterocycles. The van der Waals surface area contributed by atoms with Crippen molar-refractivity contribution >= 4 is 27.0 Å². The predicted molar refractivity (Wildman–Crippen MR) is 160 cm³/mol. The maximum Gasteiger partial charge on any atom is -0.0132 e. The van der Waals surface area contributed by atoms with Gasteiger partial charge in [0.2, 0.25) is 0 Å². The second-order valence-electron chi connectivity index (χ2n) is 11.2. The van der Waals surface area contributed by atoms with Gasteiger partial charge < -0.3 is 24.8 Å². The standard InChI is InChI=1S/C20H21.C12H13.C2H6Si.2ClH.Zr/c1-14-12-16-6-5-7-18(19(16)13-14)15-8-10-17(11-9-15)20(2,3)4;1-9(2)11-8-7-10-5-3-4-6-12(10)11;1-3-2;;;/h5-13H,1-4H3;3-9H,1-2H3;1-2H3;2*1H;/q2*-1;;;;+2/p-2. The molecular weight excluding hydrogens is 599 g/mol. The van der Waals surface area contributed by atoms with E-state index in [0.717, 1.165) is 0 Å². The summed E-state index contributed by atoms with van der Waals surface area (Å²) in [4.78, 5) is 0. The molecule has 0 heterocycles. The molecule has 0 radical (unpaired) electrons. The predicted octanol–water partition coefficient (Wildman–Crippen LogP) is 4.31. The molecule has 0 spiro atoms. The molecule has 5 rings (SSSR count). The summed E-state index contributed by atoms with van der Waals surface area (Å²) in [6.45, 7) is 18.0. The van der Waals surface area contributed by atoms with Gasteiger partial charge in [0.15, 0.2) is 0 Å². The first-order valence-electron chi connectivity index (χ1n) is 12.9. The summed E-state index contributed by atoms with van der Waals surface area (Å²) < 4.78 is 0. The van der Waals surface area contributed by atoms with Gasteiger partial charge in [-0.1, -0.05) is 89.4 Å². The second kappa shape index (κ2) is 15.4. The van der Waals surface area contributed by atoms with E-state index in [-0.39, 0.29) is 35.7 Å². The molecular formula is C34H40Cl2SiZr-2. The van der Waals surface area contributed by atoms with Crippen molar-refractivity contribution < 1.29 is 48.1 Å². The zero-order chi connectivity index (χ0) is 26.5. The largest absolute Gasteiger partial charge is 1.00 e. The van der Waals surface area contributed by atoms with Crippen molar-refractivity contribution in [2.24, 2.45) is 0 Å². The van der Waals surface area contributed by atoms with Crippen LogP contribution < -0.4 is 24.8 Å². The van der Waals surface area contributed by atoms with Gasteiger partial charge in [-0.25, -0.2) is 0 Å². The van der Waals surface area contributed by atoms with Gasteiger partial charge in [0, 0.05) is 0 Å². The van der Waals surface area contributed by atoms with E-state index in [4.69, 9.17) is 0 Å². The SMILES string of the molecule is CC(C)c1c[cH-]c2ccccc12.C[Si](C)=[Zr+2].Cc1cc2c(-c3ccc(C(C)(C)C)cc3)cccc2[cH-]1.[Cl-].[Cl-]. The molecule has 38 heavy (non-hydrogen) atoms. The Bertz CT molecular complexity index is 1430. The average Bonchev–Trinajstić information content (AvgIpc) is 3.41.